The zero-order valence-electron chi connectivity index (χ0n) is 14.5. The van der Waals surface area contributed by atoms with Crippen LogP contribution in [0.25, 0.3) is 0 Å². The van der Waals surface area contributed by atoms with Gasteiger partial charge in [-0.05, 0) is 23.0 Å². The Morgan fingerprint density at radius 2 is 1.71 bits per heavy atom. The molecule has 0 saturated heterocycles. The van der Waals surface area contributed by atoms with Crippen LogP contribution in [0.15, 0.2) is 41.3 Å². The van der Waals surface area contributed by atoms with Gasteiger partial charge in [0.25, 0.3) is 0 Å². The monoisotopic (exact) mass is 346 g/mol. The van der Waals surface area contributed by atoms with E-state index in [0.29, 0.717) is 11.8 Å². The van der Waals surface area contributed by atoms with Gasteiger partial charge in [-0.2, -0.15) is 0 Å². The molecule has 2 rings (SSSR count). The maximum absolute atomic E-state index is 12.5. The minimum atomic E-state index is -0.177. The van der Waals surface area contributed by atoms with Crippen LogP contribution in [0.3, 0.4) is 0 Å². The molecular weight excluding hydrogens is 324 g/mol. The summed E-state index contributed by atoms with van der Waals surface area (Å²) in [5.74, 6) is 0.431. The Balaban J connectivity index is 2.29. The third kappa shape index (κ3) is 4.26. The number of hydrogen-bond acceptors (Lipinski definition) is 2. The molecule has 2 aromatic rings. The van der Waals surface area contributed by atoms with Crippen molar-refractivity contribution in [3.05, 3.63) is 63.0 Å². The van der Waals surface area contributed by atoms with Crippen molar-refractivity contribution in [3.8, 4) is 0 Å². The summed E-state index contributed by atoms with van der Waals surface area (Å²) in [6, 6.07) is 8.80. The number of hydrogen-bond donors (Lipinski definition) is 1. The first-order valence-corrected chi connectivity index (χ1v) is 8.46. The van der Waals surface area contributed by atoms with E-state index in [2.05, 4.69) is 33.0 Å². The van der Waals surface area contributed by atoms with E-state index in [4.69, 9.17) is 11.6 Å². The van der Waals surface area contributed by atoms with Crippen molar-refractivity contribution >= 4 is 23.2 Å². The Morgan fingerprint density at radius 3 is 2.21 bits per heavy atom. The number of anilines is 1. The topological polar surface area (TPSA) is 51.1 Å². The smallest absolute Gasteiger partial charge is 0.244 e. The Bertz CT molecular complexity index is 768. The summed E-state index contributed by atoms with van der Waals surface area (Å²) < 4.78 is 1.55. The van der Waals surface area contributed by atoms with Gasteiger partial charge in [-0.15, -0.1) is 0 Å². The van der Waals surface area contributed by atoms with Gasteiger partial charge in [0.05, 0.1) is 0 Å². The number of rotatable bonds is 5. The van der Waals surface area contributed by atoms with Gasteiger partial charge in [0.15, 0.2) is 5.43 Å². The molecule has 5 heteroatoms. The lowest BCUT2D eigenvalue weighted by atomic mass is 9.92. The molecule has 0 aliphatic heterocycles. The quantitative estimate of drug-likeness (QED) is 0.816. The summed E-state index contributed by atoms with van der Waals surface area (Å²) in [6.07, 6.45) is 1.53. The molecule has 0 aliphatic rings. The van der Waals surface area contributed by atoms with E-state index < -0.39 is 0 Å². The van der Waals surface area contributed by atoms with E-state index in [9.17, 15) is 9.59 Å². The van der Waals surface area contributed by atoms with Crippen LogP contribution in [-0.4, -0.2) is 10.5 Å². The average Bonchev–Trinajstić information content (AvgIpc) is 2.49. The summed E-state index contributed by atoms with van der Waals surface area (Å²) in [7, 11) is 0. The molecule has 1 N–H and O–H groups in total. The number of halogens is 1. The predicted molar refractivity (Wildman–Crippen MR) is 99.0 cm³/mol. The minimum absolute atomic E-state index is 0.0586. The molecule has 1 aromatic heterocycles. The van der Waals surface area contributed by atoms with E-state index in [0.717, 1.165) is 16.8 Å². The lowest BCUT2D eigenvalue weighted by molar-refractivity contribution is -0.116. The Labute approximate surface area is 147 Å². The molecule has 0 fully saturated rings. The fourth-order valence-electron chi connectivity index (χ4n) is 2.64. The summed E-state index contributed by atoms with van der Waals surface area (Å²) in [6.45, 7) is 8.48. The van der Waals surface area contributed by atoms with Crippen molar-refractivity contribution in [1.82, 2.24) is 4.57 Å². The van der Waals surface area contributed by atoms with Crippen LogP contribution in [-0.2, 0) is 11.3 Å². The molecule has 1 amide bonds. The van der Waals surface area contributed by atoms with Gasteiger partial charge in [-0.25, -0.2) is 0 Å². The maximum atomic E-state index is 12.5. The lowest BCUT2D eigenvalue weighted by Crippen LogP contribution is -2.22. The van der Waals surface area contributed by atoms with Crippen LogP contribution in [0, 0.1) is 0 Å². The summed E-state index contributed by atoms with van der Waals surface area (Å²) in [4.78, 5) is 23.8. The Hall–Kier alpha value is -2.07. The van der Waals surface area contributed by atoms with Gasteiger partial charge in [0.1, 0.15) is 11.7 Å². The normalized spacial score (nSPS) is 11.1. The number of amides is 1. The van der Waals surface area contributed by atoms with Crippen molar-refractivity contribution in [3.63, 3.8) is 0 Å². The van der Waals surface area contributed by atoms with Crippen LogP contribution < -0.4 is 10.7 Å². The van der Waals surface area contributed by atoms with Gasteiger partial charge in [0, 0.05) is 24.0 Å². The SMILES string of the molecule is CC(C)c1cccc(C(C)C)c1NC(=O)Cn1ccc(=O)cc1Cl. The summed E-state index contributed by atoms with van der Waals surface area (Å²) >= 11 is 6.02. The fourth-order valence-corrected chi connectivity index (χ4v) is 2.86. The Kier molecular flexibility index (Phi) is 5.84. The average molecular weight is 347 g/mol. The molecular formula is C19H23ClN2O2. The fraction of sp³-hybridized carbons (Fsp3) is 0.368. The zero-order valence-corrected chi connectivity index (χ0v) is 15.2. The van der Waals surface area contributed by atoms with Crippen molar-refractivity contribution in [2.24, 2.45) is 0 Å². The van der Waals surface area contributed by atoms with E-state index in [-0.39, 0.29) is 23.0 Å². The third-order valence-electron chi connectivity index (χ3n) is 3.91. The Morgan fingerprint density at radius 1 is 1.12 bits per heavy atom. The number of aromatic nitrogens is 1. The molecule has 1 aromatic carbocycles. The molecule has 1 heterocycles. The first-order valence-electron chi connectivity index (χ1n) is 8.08. The third-order valence-corrected chi connectivity index (χ3v) is 4.23. The molecule has 0 saturated carbocycles. The number of carbonyl (C=O) groups is 1. The van der Waals surface area contributed by atoms with Gasteiger partial charge in [-0.3, -0.25) is 9.59 Å². The van der Waals surface area contributed by atoms with Crippen molar-refractivity contribution in [2.75, 3.05) is 5.32 Å². The highest BCUT2D eigenvalue weighted by atomic mass is 35.5. The first kappa shape index (κ1) is 18.3. The second-order valence-corrected chi connectivity index (χ2v) is 6.87. The predicted octanol–water partition coefficient (Wildman–Crippen LogP) is 4.39. The highest BCUT2D eigenvalue weighted by Gasteiger charge is 2.16. The molecule has 4 nitrogen and oxygen atoms in total. The van der Waals surface area contributed by atoms with E-state index in [1.165, 1.54) is 18.3 Å². The number of pyridine rings is 1. The molecule has 0 aliphatic carbocycles. The molecule has 0 atom stereocenters. The number of nitrogens with zero attached hydrogens (tertiary/aromatic N) is 1. The zero-order chi connectivity index (χ0) is 17.9. The largest absolute Gasteiger partial charge is 0.329 e. The summed E-state index contributed by atoms with van der Waals surface area (Å²) in [5, 5.41) is 3.28. The molecule has 0 unspecified atom stereocenters. The second-order valence-electron chi connectivity index (χ2n) is 6.48. The number of carbonyl (C=O) groups excluding carboxylic acids is 1. The van der Waals surface area contributed by atoms with Gasteiger partial charge in [-0.1, -0.05) is 57.5 Å². The molecule has 0 radical (unpaired) electrons. The van der Waals surface area contributed by atoms with Crippen molar-refractivity contribution < 1.29 is 4.79 Å². The van der Waals surface area contributed by atoms with E-state index in [1.54, 1.807) is 4.57 Å². The van der Waals surface area contributed by atoms with Crippen LogP contribution in [0.5, 0.6) is 0 Å². The van der Waals surface area contributed by atoms with Crippen molar-refractivity contribution in [1.29, 1.82) is 0 Å². The number of nitrogens with one attached hydrogen (secondary N) is 1. The maximum Gasteiger partial charge on any atom is 0.244 e. The number of para-hydroxylation sites is 1. The molecule has 0 bridgehead atoms. The van der Waals surface area contributed by atoms with Crippen LogP contribution >= 0.6 is 11.6 Å². The molecule has 128 valence electrons. The van der Waals surface area contributed by atoms with Crippen LogP contribution in [0.1, 0.15) is 50.7 Å². The minimum Gasteiger partial charge on any atom is -0.329 e. The molecule has 24 heavy (non-hydrogen) atoms. The first-order chi connectivity index (χ1) is 11.3. The van der Waals surface area contributed by atoms with Gasteiger partial charge < -0.3 is 9.88 Å². The van der Waals surface area contributed by atoms with Crippen LogP contribution in [0.4, 0.5) is 5.69 Å². The number of benzene rings is 1. The molecule has 0 spiro atoms. The van der Waals surface area contributed by atoms with Gasteiger partial charge in [0.2, 0.25) is 5.91 Å². The van der Waals surface area contributed by atoms with Gasteiger partial charge >= 0.3 is 0 Å². The summed E-state index contributed by atoms with van der Waals surface area (Å²) in [5.41, 5.74) is 2.93. The highest BCUT2D eigenvalue weighted by Crippen LogP contribution is 2.32. The van der Waals surface area contributed by atoms with E-state index >= 15 is 0 Å². The van der Waals surface area contributed by atoms with Crippen molar-refractivity contribution in [2.45, 2.75) is 46.1 Å². The second kappa shape index (κ2) is 7.67. The highest BCUT2D eigenvalue weighted by molar-refractivity contribution is 6.29. The standard InChI is InChI=1S/C19H23ClN2O2/c1-12(2)15-6-5-7-16(13(3)4)19(15)21-18(24)11-22-9-8-14(23)10-17(22)20/h5-10,12-13H,11H2,1-4H3,(H,21,24). The van der Waals surface area contributed by atoms with E-state index in [1.807, 2.05) is 18.2 Å². The van der Waals surface area contributed by atoms with Crippen LogP contribution in [0.2, 0.25) is 5.15 Å². The lowest BCUT2D eigenvalue weighted by Gasteiger charge is -2.20.